The number of amides is 1. The number of benzene rings is 2. The predicted molar refractivity (Wildman–Crippen MR) is 131 cm³/mol. The average molecular weight is 455 g/mol. The molecule has 0 saturated carbocycles. The van der Waals surface area contributed by atoms with Crippen molar-refractivity contribution in [2.75, 3.05) is 11.1 Å². The molecule has 7 nitrogen and oxygen atoms in total. The molecule has 0 atom stereocenters. The van der Waals surface area contributed by atoms with Crippen molar-refractivity contribution in [3.63, 3.8) is 0 Å². The first kappa shape index (κ1) is 22.1. The van der Waals surface area contributed by atoms with Crippen molar-refractivity contribution in [2.24, 2.45) is 0 Å². The fourth-order valence-corrected chi connectivity index (χ4v) is 4.00. The molecule has 0 saturated heterocycles. The maximum absolute atomic E-state index is 12.7. The molecule has 2 heterocycles. The SMILES string of the molecule is Cc1c(C#N)c(NC(=O)CSc2n[nH]c(/C=C/c3ccccc3)n2)n(-c2ccccc2)c1C. The van der Waals surface area contributed by atoms with Crippen LogP contribution in [0.25, 0.3) is 17.8 Å². The second-order valence-electron chi connectivity index (χ2n) is 7.30. The number of thioether (sulfide) groups is 1. The Labute approximate surface area is 196 Å². The summed E-state index contributed by atoms with van der Waals surface area (Å²) in [7, 11) is 0. The maximum Gasteiger partial charge on any atom is 0.236 e. The molecule has 164 valence electrons. The van der Waals surface area contributed by atoms with Crippen molar-refractivity contribution >= 4 is 35.6 Å². The zero-order chi connectivity index (χ0) is 23.2. The Balaban J connectivity index is 1.45. The molecule has 33 heavy (non-hydrogen) atoms. The van der Waals surface area contributed by atoms with Crippen LogP contribution in [0.4, 0.5) is 5.82 Å². The first-order valence-electron chi connectivity index (χ1n) is 10.3. The lowest BCUT2D eigenvalue weighted by molar-refractivity contribution is -0.113. The Hall–Kier alpha value is -4.09. The molecule has 1 amide bonds. The molecule has 0 aliphatic rings. The van der Waals surface area contributed by atoms with Crippen LogP contribution in [0.2, 0.25) is 0 Å². The van der Waals surface area contributed by atoms with Crippen molar-refractivity contribution in [1.82, 2.24) is 19.7 Å². The highest BCUT2D eigenvalue weighted by atomic mass is 32.2. The summed E-state index contributed by atoms with van der Waals surface area (Å²) >= 11 is 1.22. The third-order valence-electron chi connectivity index (χ3n) is 5.15. The number of hydrogen-bond acceptors (Lipinski definition) is 5. The zero-order valence-electron chi connectivity index (χ0n) is 18.2. The third kappa shape index (κ3) is 5.05. The standard InChI is InChI=1S/C25H22N6OS/c1-17-18(2)31(20-11-7-4-8-12-20)24(21(17)15-26)28-23(32)16-33-25-27-22(29-30-25)14-13-19-9-5-3-6-10-19/h3-14H,16H2,1-2H3,(H,28,32)(H,27,29,30)/b14-13+. The van der Waals surface area contributed by atoms with Crippen LogP contribution in [0.5, 0.6) is 0 Å². The fraction of sp³-hybridized carbons (Fsp3) is 0.120. The summed E-state index contributed by atoms with van der Waals surface area (Å²) in [6, 6.07) is 21.8. The Bertz CT molecular complexity index is 1330. The van der Waals surface area contributed by atoms with E-state index < -0.39 is 0 Å². The minimum atomic E-state index is -0.239. The molecule has 0 spiro atoms. The largest absolute Gasteiger partial charge is 0.310 e. The third-order valence-corrected chi connectivity index (χ3v) is 5.99. The Morgan fingerprint density at radius 2 is 1.82 bits per heavy atom. The molecule has 0 fully saturated rings. The lowest BCUT2D eigenvalue weighted by Crippen LogP contribution is -2.17. The highest BCUT2D eigenvalue weighted by molar-refractivity contribution is 7.99. The van der Waals surface area contributed by atoms with Gasteiger partial charge >= 0.3 is 0 Å². The molecule has 2 aromatic carbocycles. The normalized spacial score (nSPS) is 10.9. The van der Waals surface area contributed by atoms with Gasteiger partial charge in [0, 0.05) is 11.4 Å². The molecule has 0 radical (unpaired) electrons. The number of nitriles is 1. The fourth-order valence-electron chi connectivity index (χ4n) is 3.40. The van der Waals surface area contributed by atoms with Crippen molar-refractivity contribution < 1.29 is 4.79 Å². The maximum atomic E-state index is 12.7. The van der Waals surface area contributed by atoms with E-state index in [1.165, 1.54) is 11.8 Å². The van der Waals surface area contributed by atoms with Gasteiger partial charge in [0.25, 0.3) is 0 Å². The molecule has 0 aliphatic heterocycles. The van der Waals surface area contributed by atoms with Gasteiger partial charge in [-0.3, -0.25) is 14.5 Å². The number of aromatic amines is 1. The van der Waals surface area contributed by atoms with Crippen molar-refractivity contribution in [2.45, 2.75) is 19.0 Å². The highest BCUT2D eigenvalue weighted by Crippen LogP contribution is 2.30. The number of carbonyl (C=O) groups is 1. The van der Waals surface area contributed by atoms with Crippen molar-refractivity contribution in [1.29, 1.82) is 5.26 Å². The first-order valence-corrected chi connectivity index (χ1v) is 11.3. The number of nitrogens with zero attached hydrogens (tertiary/aromatic N) is 4. The van der Waals surface area contributed by atoms with Gasteiger partial charge in [0.2, 0.25) is 11.1 Å². The van der Waals surface area contributed by atoms with Crippen LogP contribution in [0.15, 0.2) is 65.8 Å². The Morgan fingerprint density at radius 1 is 1.12 bits per heavy atom. The molecule has 8 heteroatoms. The molecule has 4 rings (SSSR count). The lowest BCUT2D eigenvalue weighted by Gasteiger charge is -2.12. The summed E-state index contributed by atoms with van der Waals surface area (Å²) in [4.78, 5) is 17.1. The Morgan fingerprint density at radius 3 is 2.52 bits per heavy atom. The van der Waals surface area contributed by atoms with Gasteiger partial charge in [0.15, 0.2) is 0 Å². The van der Waals surface area contributed by atoms with Gasteiger partial charge in [-0.25, -0.2) is 4.98 Å². The van der Waals surface area contributed by atoms with Crippen LogP contribution in [0.1, 0.15) is 28.2 Å². The molecule has 0 unspecified atom stereocenters. The van der Waals surface area contributed by atoms with Crippen LogP contribution < -0.4 is 5.32 Å². The summed E-state index contributed by atoms with van der Waals surface area (Å²) in [5.41, 5.74) is 4.15. The summed E-state index contributed by atoms with van der Waals surface area (Å²) in [6.45, 7) is 3.82. The zero-order valence-corrected chi connectivity index (χ0v) is 19.1. The van der Waals surface area contributed by atoms with Gasteiger partial charge in [0.1, 0.15) is 17.7 Å². The first-order chi connectivity index (χ1) is 16.1. The number of para-hydroxylation sites is 1. The summed E-state index contributed by atoms with van der Waals surface area (Å²) in [6.07, 6.45) is 3.78. The molecule has 0 bridgehead atoms. The monoisotopic (exact) mass is 454 g/mol. The number of hydrogen-bond donors (Lipinski definition) is 2. The van der Waals surface area contributed by atoms with E-state index in [1.807, 2.05) is 91.2 Å². The van der Waals surface area contributed by atoms with E-state index in [4.69, 9.17) is 0 Å². The van der Waals surface area contributed by atoms with E-state index in [9.17, 15) is 10.1 Å². The number of aromatic nitrogens is 4. The van der Waals surface area contributed by atoms with E-state index in [-0.39, 0.29) is 11.7 Å². The van der Waals surface area contributed by atoms with Crippen LogP contribution in [-0.2, 0) is 4.79 Å². The van der Waals surface area contributed by atoms with E-state index in [0.717, 1.165) is 22.5 Å². The van der Waals surface area contributed by atoms with Gasteiger partial charge in [-0.2, -0.15) is 5.26 Å². The molecule has 0 aliphatic carbocycles. The summed E-state index contributed by atoms with van der Waals surface area (Å²) < 4.78 is 1.90. The summed E-state index contributed by atoms with van der Waals surface area (Å²) in [5.74, 6) is 0.962. The van der Waals surface area contributed by atoms with Gasteiger partial charge in [0.05, 0.1) is 11.3 Å². The summed E-state index contributed by atoms with van der Waals surface area (Å²) in [5, 5.41) is 20.1. The van der Waals surface area contributed by atoms with Crippen LogP contribution >= 0.6 is 11.8 Å². The number of carbonyl (C=O) groups excluding carboxylic acids is 1. The van der Waals surface area contributed by atoms with E-state index in [2.05, 4.69) is 26.6 Å². The van der Waals surface area contributed by atoms with Crippen molar-refractivity contribution in [3.8, 4) is 11.8 Å². The minimum absolute atomic E-state index is 0.114. The van der Waals surface area contributed by atoms with E-state index >= 15 is 0 Å². The molecule has 4 aromatic rings. The minimum Gasteiger partial charge on any atom is -0.310 e. The second-order valence-corrected chi connectivity index (χ2v) is 8.24. The second kappa shape index (κ2) is 10.0. The molecule has 2 aromatic heterocycles. The van der Waals surface area contributed by atoms with Gasteiger partial charge < -0.3 is 5.32 Å². The van der Waals surface area contributed by atoms with Crippen molar-refractivity contribution in [3.05, 3.63) is 88.9 Å². The predicted octanol–water partition coefficient (Wildman–Crippen LogP) is 4.99. The topological polar surface area (TPSA) is 99.4 Å². The van der Waals surface area contributed by atoms with E-state index in [0.29, 0.717) is 22.4 Å². The number of rotatable bonds is 7. The van der Waals surface area contributed by atoms with Gasteiger partial charge in [-0.05, 0) is 43.2 Å². The lowest BCUT2D eigenvalue weighted by atomic mass is 10.2. The van der Waals surface area contributed by atoms with Crippen LogP contribution in [0, 0.1) is 25.2 Å². The van der Waals surface area contributed by atoms with Gasteiger partial charge in [-0.15, -0.1) is 5.10 Å². The van der Waals surface area contributed by atoms with Gasteiger partial charge in [-0.1, -0.05) is 66.4 Å². The molecular weight excluding hydrogens is 432 g/mol. The number of nitrogens with one attached hydrogen (secondary N) is 2. The quantitative estimate of drug-likeness (QED) is 0.384. The molecular formula is C25H22N6OS. The highest BCUT2D eigenvalue weighted by Gasteiger charge is 2.20. The van der Waals surface area contributed by atoms with Crippen LogP contribution in [0.3, 0.4) is 0 Å². The Kier molecular flexibility index (Phi) is 6.72. The van der Waals surface area contributed by atoms with E-state index in [1.54, 1.807) is 0 Å². The van der Waals surface area contributed by atoms with Crippen LogP contribution in [-0.4, -0.2) is 31.4 Å². The number of H-pyrrole nitrogens is 1. The molecule has 2 N–H and O–H groups in total. The average Bonchev–Trinajstić information content (AvgIpc) is 3.39. The smallest absolute Gasteiger partial charge is 0.236 e. The number of anilines is 1.